The number of aliphatic hydroxyl groups is 2. The molecule has 0 heterocycles. The Balaban J connectivity index is 0.00000121. The summed E-state index contributed by atoms with van der Waals surface area (Å²) in [6, 6.07) is 0. The van der Waals surface area contributed by atoms with Gasteiger partial charge in [0.2, 0.25) is 0 Å². The fourth-order valence-corrected chi connectivity index (χ4v) is 2.31. The van der Waals surface area contributed by atoms with E-state index in [0.29, 0.717) is 5.92 Å². The molecule has 0 saturated carbocycles. The molecule has 2 unspecified atom stereocenters. The van der Waals surface area contributed by atoms with Crippen molar-refractivity contribution in [2.75, 3.05) is 6.61 Å². The highest BCUT2D eigenvalue weighted by atomic mass is 16.3. The van der Waals surface area contributed by atoms with Crippen molar-refractivity contribution in [3.63, 3.8) is 0 Å². The zero-order valence-corrected chi connectivity index (χ0v) is 11.8. The lowest BCUT2D eigenvalue weighted by Gasteiger charge is -2.19. The summed E-state index contributed by atoms with van der Waals surface area (Å²) in [6.45, 7) is 6.49. The second kappa shape index (κ2) is 10.8. The highest BCUT2D eigenvalue weighted by Crippen LogP contribution is 2.24. The molecule has 0 aromatic heterocycles. The summed E-state index contributed by atoms with van der Waals surface area (Å²) in [5, 5.41) is 18.6. The maximum atomic E-state index is 9.63. The van der Waals surface area contributed by atoms with Gasteiger partial charge in [-0.3, -0.25) is 0 Å². The lowest BCUT2D eigenvalue weighted by Crippen LogP contribution is -2.10. The smallest absolute Gasteiger partial charge is 0.0540 e. The van der Waals surface area contributed by atoms with Gasteiger partial charge in [-0.2, -0.15) is 0 Å². The summed E-state index contributed by atoms with van der Waals surface area (Å²) < 4.78 is 0. The average molecular weight is 242 g/mol. The van der Waals surface area contributed by atoms with E-state index in [1.165, 1.54) is 5.57 Å². The van der Waals surface area contributed by atoms with E-state index in [1.54, 1.807) is 0 Å². The fraction of sp³-hybridized carbons (Fsp3) is 0.867. The van der Waals surface area contributed by atoms with Gasteiger partial charge in [-0.05, 0) is 44.4 Å². The van der Waals surface area contributed by atoms with Crippen LogP contribution in [0.25, 0.3) is 0 Å². The van der Waals surface area contributed by atoms with Crippen LogP contribution in [0.5, 0.6) is 0 Å². The summed E-state index contributed by atoms with van der Waals surface area (Å²) in [5.41, 5.74) is 1.41. The summed E-state index contributed by atoms with van der Waals surface area (Å²) in [7, 11) is 0. The lowest BCUT2D eigenvalue weighted by molar-refractivity contribution is 0.146. The van der Waals surface area contributed by atoms with E-state index >= 15 is 0 Å². The van der Waals surface area contributed by atoms with Crippen molar-refractivity contribution >= 4 is 0 Å². The maximum Gasteiger partial charge on any atom is 0.0540 e. The first-order valence-electron chi connectivity index (χ1n) is 7.22. The summed E-state index contributed by atoms with van der Waals surface area (Å²) in [4.78, 5) is 0. The van der Waals surface area contributed by atoms with Crippen molar-refractivity contribution in [2.24, 2.45) is 5.92 Å². The molecule has 0 bridgehead atoms. The van der Waals surface area contributed by atoms with Crippen molar-refractivity contribution in [3.05, 3.63) is 11.6 Å². The van der Waals surface area contributed by atoms with E-state index in [1.807, 2.05) is 13.8 Å². The van der Waals surface area contributed by atoms with Gasteiger partial charge in [0.15, 0.2) is 0 Å². The molecule has 2 heteroatoms. The van der Waals surface area contributed by atoms with E-state index in [4.69, 9.17) is 5.11 Å². The number of rotatable bonds is 2. The molecule has 0 aliphatic heterocycles. The zero-order chi connectivity index (χ0) is 13.1. The predicted molar refractivity (Wildman–Crippen MR) is 74.0 cm³/mol. The standard InChI is InChI=1S/C13H24O2.C2H6/c1-11-5-4-8-13(15)7-3-2-6-12(11)9-10-14;1-2/h6,11,13-15H,2-5,7-10H2,1H3;1-2H3/b12-6-;. The molecular formula is C15H30O2. The molecule has 2 atom stereocenters. The molecule has 1 rings (SSSR count). The molecule has 1 aliphatic carbocycles. The van der Waals surface area contributed by atoms with E-state index in [2.05, 4.69) is 13.0 Å². The Morgan fingerprint density at radius 3 is 2.47 bits per heavy atom. The summed E-state index contributed by atoms with van der Waals surface area (Å²) >= 11 is 0. The fourth-order valence-electron chi connectivity index (χ4n) is 2.31. The Morgan fingerprint density at radius 2 is 1.82 bits per heavy atom. The van der Waals surface area contributed by atoms with Crippen LogP contribution < -0.4 is 0 Å². The van der Waals surface area contributed by atoms with Gasteiger partial charge >= 0.3 is 0 Å². The minimum atomic E-state index is -0.0926. The van der Waals surface area contributed by atoms with Crippen LogP contribution in [0.3, 0.4) is 0 Å². The Kier molecular flexibility index (Phi) is 10.6. The van der Waals surface area contributed by atoms with Crippen LogP contribution in [0, 0.1) is 5.92 Å². The second-order valence-corrected chi connectivity index (χ2v) is 4.67. The average Bonchev–Trinajstić information content (AvgIpc) is 2.35. The predicted octanol–water partition coefficient (Wildman–Crippen LogP) is 3.67. The van der Waals surface area contributed by atoms with Gasteiger partial charge in [0.05, 0.1) is 6.10 Å². The maximum absolute atomic E-state index is 9.63. The normalized spacial score (nSPS) is 29.6. The van der Waals surface area contributed by atoms with Crippen molar-refractivity contribution < 1.29 is 10.2 Å². The van der Waals surface area contributed by atoms with Crippen LogP contribution in [0.15, 0.2) is 11.6 Å². The largest absolute Gasteiger partial charge is 0.396 e. The third-order valence-electron chi connectivity index (χ3n) is 3.36. The molecule has 102 valence electrons. The molecular weight excluding hydrogens is 212 g/mol. The Morgan fingerprint density at radius 1 is 1.18 bits per heavy atom. The monoisotopic (exact) mass is 242 g/mol. The molecule has 17 heavy (non-hydrogen) atoms. The van der Waals surface area contributed by atoms with Gasteiger partial charge in [0, 0.05) is 6.61 Å². The van der Waals surface area contributed by atoms with Crippen molar-refractivity contribution in [1.82, 2.24) is 0 Å². The number of aliphatic hydroxyl groups excluding tert-OH is 2. The van der Waals surface area contributed by atoms with Crippen LogP contribution >= 0.6 is 0 Å². The van der Waals surface area contributed by atoms with Crippen LogP contribution in [-0.2, 0) is 0 Å². The van der Waals surface area contributed by atoms with E-state index in [-0.39, 0.29) is 12.7 Å². The number of hydrogen-bond donors (Lipinski definition) is 2. The van der Waals surface area contributed by atoms with Crippen molar-refractivity contribution in [2.45, 2.75) is 71.8 Å². The summed E-state index contributed by atoms with van der Waals surface area (Å²) in [5.74, 6) is 0.572. The Labute approximate surface area is 107 Å². The van der Waals surface area contributed by atoms with Gasteiger partial charge in [0.25, 0.3) is 0 Å². The zero-order valence-electron chi connectivity index (χ0n) is 11.8. The van der Waals surface area contributed by atoms with Gasteiger partial charge in [0.1, 0.15) is 0 Å². The van der Waals surface area contributed by atoms with Gasteiger partial charge in [-0.1, -0.05) is 38.8 Å². The third kappa shape index (κ3) is 7.56. The van der Waals surface area contributed by atoms with Crippen LogP contribution in [0.1, 0.15) is 65.7 Å². The van der Waals surface area contributed by atoms with Crippen molar-refractivity contribution in [1.29, 1.82) is 0 Å². The minimum Gasteiger partial charge on any atom is -0.396 e. The van der Waals surface area contributed by atoms with Crippen LogP contribution in [-0.4, -0.2) is 22.9 Å². The Bertz CT molecular complexity index is 199. The second-order valence-electron chi connectivity index (χ2n) is 4.67. The highest BCUT2D eigenvalue weighted by Gasteiger charge is 2.12. The SMILES string of the molecule is CC.CC1CCCC(O)CCC/C=C\1CCO. The molecule has 0 amide bonds. The number of allylic oxidation sites excluding steroid dienone is 1. The first-order chi connectivity index (χ1) is 8.24. The topological polar surface area (TPSA) is 40.5 Å². The van der Waals surface area contributed by atoms with Gasteiger partial charge in [-0.15, -0.1) is 0 Å². The number of hydrogen-bond acceptors (Lipinski definition) is 2. The first kappa shape index (κ1) is 16.7. The van der Waals surface area contributed by atoms with Gasteiger partial charge in [-0.25, -0.2) is 0 Å². The molecule has 2 nitrogen and oxygen atoms in total. The molecule has 1 aliphatic rings. The molecule has 0 fully saturated rings. The Hall–Kier alpha value is -0.340. The molecule has 0 radical (unpaired) electrons. The third-order valence-corrected chi connectivity index (χ3v) is 3.36. The van der Waals surface area contributed by atoms with Gasteiger partial charge < -0.3 is 10.2 Å². The molecule has 2 N–H and O–H groups in total. The molecule has 0 aromatic carbocycles. The first-order valence-corrected chi connectivity index (χ1v) is 7.22. The van der Waals surface area contributed by atoms with Crippen LogP contribution in [0.4, 0.5) is 0 Å². The van der Waals surface area contributed by atoms with E-state index < -0.39 is 0 Å². The molecule has 0 saturated heterocycles. The quantitative estimate of drug-likeness (QED) is 0.725. The van der Waals surface area contributed by atoms with Crippen LogP contribution in [0.2, 0.25) is 0 Å². The molecule has 0 aromatic rings. The molecule has 0 spiro atoms. The van der Waals surface area contributed by atoms with E-state index in [0.717, 1.165) is 44.9 Å². The minimum absolute atomic E-state index is 0.0926. The van der Waals surface area contributed by atoms with E-state index in [9.17, 15) is 5.11 Å². The lowest BCUT2D eigenvalue weighted by atomic mass is 9.89. The summed E-state index contributed by atoms with van der Waals surface area (Å²) in [6.07, 6.45) is 9.24. The highest BCUT2D eigenvalue weighted by molar-refractivity contribution is 5.06. The van der Waals surface area contributed by atoms with Crippen molar-refractivity contribution in [3.8, 4) is 0 Å².